The molecule has 0 aromatic rings. The van der Waals surface area contributed by atoms with Crippen LogP contribution in [0.15, 0.2) is 0 Å². The smallest absolute Gasteiger partial charge is 0.455 e. The summed E-state index contributed by atoms with van der Waals surface area (Å²) in [5, 5.41) is 7.55. The van der Waals surface area contributed by atoms with Gasteiger partial charge in [-0.2, -0.15) is 16.8 Å². The monoisotopic (exact) mass is 289 g/mol. The number of rotatable bonds is 7. The third-order valence-corrected chi connectivity index (χ3v) is 1.69. The van der Waals surface area contributed by atoms with Crippen LogP contribution in [0.25, 0.3) is 0 Å². The van der Waals surface area contributed by atoms with Crippen molar-refractivity contribution in [2.75, 3.05) is 0 Å². The standard InChI is InChI=1S/H2O12S3/c1-8-14(4,5)11-12-15(6,7)10-9-13(2)3/h1H,(H,2,3)/p-1. The predicted octanol–water partition coefficient (Wildman–Crippen LogP) is -2.34. The van der Waals surface area contributed by atoms with E-state index in [-0.39, 0.29) is 0 Å². The van der Waals surface area contributed by atoms with E-state index >= 15 is 0 Å². The third kappa shape index (κ3) is 7.67. The van der Waals surface area contributed by atoms with Crippen LogP contribution in [0.1, 0.15) is 0 Å². The summed E-state index contributed by atoms with van der Waals surface area (Å²) in [6.07, 6.45) is 0. The van der Waals surface area contributed by atoms with Crippen molar-refractivity contribution in [3.8, 4) is 0 Å². The van der Waals surface area contributed by atoms with Crippen molar-refractivity contribution in [2.24, 2.45) is 0 Å². The molecule has 1 atom stereocenters. The van der Waals surface area contributed by atoms with Gasteiger partial charge in [0.2, 0.25) is 0 Å². The molecular weight excluding hydrogens is 288 g/mol. The molecule has 0 rings (SSSR count). The van der Waals surface area contributed by atoms with E-state index in [1.807, 2.05) is 0 Å². The maximum atomic E-state index is 10.3. The zero-order valence-corrected chi connectivity index (χ0v) is 8.61. The molecule has 0 fully saturated rings. The Labute approximate surface area is 85.2 Å². The Morgan fingerprint density at radius 1 is 1.00 bits per heavy atom. The summed E-state index contributed by atoms with van der Waals surface area (Å²) >= 11 is -3.36. The van der Waals surface area contributed by atoms with E-state index in [1.54, 1.807) is 0 Å². The van der Waals surface area contributed by atoms with Crippen molar-refractivity contribution >= 4 is 32.2 Å². The fraction of sp³-hybridized carbons (Fsp3) is 0. The van der Waals surface area contributed by atoms with Gasteiger partial charge in [0.1, 0.15) is 11.4 Å². The van der Waals surface area contributed by atoms with Gasteiger partial charge in [-0.25, -0.2) is 9.47 Å². The normalized spacial score (nSPS) is 15.1. The molecule has 0 aliphatic heterocycles. The van der Waals surface area contributed by atoms with Gasteiger partial charge in [0.15, 0.2) is 0 Å². The molecule has 1 N–H and O–H groups in total. The van der Waals surface area contributed by atoms with Crippen LogP contribution in [-0.2, 0) is 53.8 Å². The van der Waals surface area contributed by atoms with E-state index in [9.17, 15) is 25.6 Å². The highest BCUT2D eigenvalue weighted by Crippen LogP contribution is 2.03. The van der Waals surface area contributed by atoms with Crippen molar-refractivity contribution in [1.82, 2.24) is 0 Å². The summed E-state index contributed by atoms with van der Waals surface area (Å²) < 4.78 is 74.7. The van der Waals surface area contributed by atoms with Gasteiger partial charge in [-0.15, -0.1) is 4.33 Å². The Morgan fingerprint density at radius 2 is 1.47 bits per heavy atom. The van der Waals surface area contributed by atoms with E-state index in [4.69, 9.17) is 5.26 Å². The van der Waals surface area contributed by atoms with E-state index in [0.29, 0.717) is 0 Å². The molecule has 92 valence electrons. The third-order valence-electron chi connectivity index (χ3n) is 0.452. The molecule has 0 saturated heterocycles. The molecule has 0 bridgehead atoms. The van der Waals surface area contributed by atoms with Crippen molar-refractivity contribution in [2.45, 2.75) is 0 Å². The number of hydrogen-bond donors (Lipinski definition) is 1. The second-order valence-electron chi connectivity index (χ2n) is 1.37. The van der Waals surface area contributed by atoms with Gasteiger partial charge in [0.05, 0.1) is 0 Å². The van der Waals surface area contributed by atoms with Gasteiger partial charge < -0.3 is 4.55 Å². The van der Waals surface area contributed by atoms with Crippen LogP contribution in [0, 0.1) is 0 Å². The molecule has 0 aromatic carbocycles. The second kappa shape index (κ2) is 5.75. The molecule has 1 unspecified atom stereocenters. The summed E-state index contributed by atoms with van der Waals surface area (Å²) in [6, 6.07) is 0. The van der Waals surface area contributed by atoms with E-state index in [1.165, 1.54) is 0 Å². The Kier molecular flexibility index (Phi) is 5.66. The van der Waals surface area contributed by atoms with Gasteiger partial charge in [-0.3, -0.25) is 0 Å². The van der Waals surface area contributed by atoms with Crippen molar-refractivity contribution in [3.05, 3.63) is 0 Å². The minimum atomic E-state index is -5.23. The Balaban J connectivity index is 4.23. The van der Waals surface area contributed by atoms with Gasteiger partial charge >= 0.3 is 20.8 Å². The minimum absolute atomic E-state index is 2.60. The van der Waals surface area contributed by atoms with E-state index < -0.39 is 32.2 Å². The molecule has 0 aliphatic rings. The highest BCUT2D eigenvalue weighted by atomic mass is 32.3. The van der Waals surface area contributed by atoms with Crippen LogP contribution in [0.5, 0.6) is 0 Å². The Morgan fingerprint density at radius 3 is 1.87 bits per heavy atom. The van der Waals surface area contributed by atoms with Gasteiger partial charge in [-0.05, 0) is 0 Å². The number of hydrogen-bond acceptors (Lipinski definition) is 12. The van der Waals surface area contributed by atoms with Crippen LogP contribution >= 0.6 is 0 Å². The molecule has 0 aliphatic carbocycles. The maximum Gasteiger partial charge on any atom is 0.455 e. The fourth-order valence-electron chi connectivity index (χ4n) is 0.149. The highest BCUT2D eigenvalue weighted by Gasteiger charge is 2.22. The zero-order chi connectivity index (χ0) is 12.1. The van der Waals surface area contributed by atoms with Crippen LogP contribution in [-0.4, -0.2) is 30.9 Å². The lowest BCUT2D eigenvalue weighted by Crippen LogP contribution is -2.16. The maximum absolute atomic E-state index is 10.3. The summed E-state index contributed by atoms with van der Waals surface area (Å²) in [5.74, 6) is 0. The molecule has 0 radical (unpaired) electrons. The first kappa shape index (κ1) is 14.8. The molecule has 0 saturated carbocycles. The van der Waals surface area contributed by atoms with Crippen LogP contribution in [0.2, 0.25) is 0 Å². The first-order chi connectivity index (χ1) is 6.68. The molecule has 0 spiro atoms. The van der Waals surface area contributed by atoms with Crippen LogP contribution < -0.4 is 0 Å². The zero-order valence-electron chi connectivity index (χ0n) is 6.16. The lowest BCUT2D eigenvalue weighted by Gasteiger charge is -2.03. The molecule has 0 heterocycles. The average Bonchev–Trinajstić information content (AvgIpc) is 2.13. The molecule has 15 heavy (non-hydrogen) atoms. The van der Waals surface area contributed by atoms with E-state index in [0.717, 1.165) is 0 Å². The summed E-state index contributed by atoms with van der Waals surface area (Å²) in [5.41, 5.74) is 0. The topological polar surface area (TPSA) is 175 Å². The quantitative estimate of drug-likeness (QED) is 0.300. The Hall–Kier alpha value is -0.230. The van der Waals surface area contributed by atoms with Crippen LogP contribution in [0.3, 0.4) is 0 Å². The lowest BCUT2D eigenvalue weighted by molar-refractivity contribution is -0.197. The molecule has 15 heteroatoms. The minimum Gasteiger partial charge on any atom is -0.747 e. The van der Waals surface area contributed by atoms with Crippen molar-refractivity contribution in [1.29, 1.82) is 0 Å². The predicted molar refractivity (Wildman–Crippen MR) is 34.8 cm³/mol. The SMILES string of the molecule is O=S([O-])OOS(=O)(=O)OOS(=O)(=O)OO. The summed E-state index contributed by atoms with van der Waals surface area (Å²) in [4.78, 5) is 0. The molecule has 12 nitrogen and oxygen atoms in total. The first-order valence-electron chi connectivity index (χ1n) is 2.35. The largest absolute Gasteiger partial charge is 0.747 e. The average molecular weight is 289 g/mol. The van der Waals surface area contributed by atoms with Crippen LogP contribution in [0.4, 0.5) is 0 Å². The van der Waals surface area contributed by atoms with E-state index in [2.05, 4.69) is 21.7 Å². The highest BCUT2D eigenvalue weighted by molar-refractivity contribution is 7.84. The second-order valence-corrected chi connectivity index (χ2v) is 4.10. The van der Waals surface area contributed by atoms with Gasteiger partial charge in [-0.1, -0.05) is 17.3 Å². The lowest BCUT2D eigenvalue weighted by atomic mass is 14.9. The first-order valence-corrected chi connectivity index (χ1v) is 6.02. The molecule has 0 amide bonds. The van der Waals surface area contributed by atoms with Gasteiger partial charge in [0, 0.05) is 0 Å². The molecular formula is HO12S3-. The fourth-order valence-corrected chi connectivity index (χ4v) is 1.19. The van der Waals surface area contributed by atoms with Gasteiger partial charge in [0.25, 0.3) is 0 Å². The Bertz CT molecular complexity index is 394. The van der Waals surface area contributed by atoms with Crippen molar-refractivity contribution < 1.29 is 52.5 Å². The van der Waals surface area contributed by atoms with Crippen molar-refractivity contribution in [3.63, 3.8) is 0 Å². The summed E-state index contributed by atoms with van der Waals surface area (Å²) in [6.45, 7) is 0. The summed E-state index contributed by atoms with van der Waals surface area (Å²) in [7, 11) is -10.4. The molecule has 0 aromatic heterocycles.